The Morgan fingerprint density at radius 2 is 1.95 bits per heavy atom. The zero-order valence-corrected chi connectivity index (χ0v) is 11.0. The number of carbonyl (C=O) groups is 3. The van der Waals surface area contributed by atoms with E-state index in [1.165, 1.54) is 11.3 Å². The van der Waals surface area contributed by atoms with Crippen molar-refractivity contribution in [3.8, 4) is 0 Å². The van der Waals surface area contributed by atoms with Crippen LogP contribution in [0.15, 0.2) is 17.5 Å². The average molecular weight is 285 g/mol. The van der Waals surface area contributed by atoms with Crippen LogP contribution in [0.4, 0.5) is 0 Å². The minimum absolute atomic E-state index is 0.0734. The highest BCUT2D eigenvalue weighted by molar-refractivity contribution is 7.10. The molecular weight excluding hydrogens is 270 g/mol. The molecule has 0 fully saturated rings. The first-order chi connectivity index (χ1) is 8.99. The van der Waals surface area contributed by atoms with E-state index >= 15 is 0 Å². The van der Waals surface area contributed by atoms with Crippen LogP contribution < -0.4 is 5.32 Å². The van der Waals surface area contributed by atoms with Crippen molar-refractivity contribution in [2.75, 3.05) is 0 Å². The van der Waals surface area contributed by atoms with E-state index in [0.29, 0.717) is 0 Å². The summed E-state index contributed by atoms with van der Waals surface area (Å²) in [6.45, 7) is 0. The fourth-order valence-corrected chi connectivity index (χ4v) is 2.33. The Kier molecular flexibility index (Phi) is 6.01. The van der Waals surface area contributed by atoms with Crippen LogP contribution in [0.2, 0.25) is 0 Å². The normalized spacial score (nSPS) is 11.8. The average Bonchev–Trinajstić information content (AvgIpc) is 2.80. The maximum absolute atomic E-state index is 11.6. The minimum Gasteiger partial charge on any atom is -0.481 e. The van der Waals surface area contributed by atoms with Crippen LogP contribution in [0.25, 0.3) is 0 Å². The van der Waals surface area contributed by atoms with Gasteiger partial charge in [-0.25, -0.2) is 0 Å². The second-order valence-electron chi connectivity index (χ2n) is 3.98. The second-order valence-corrected chi connectivity index (χ2v) is 4.96. The molecule has 1 aromatic rings. The van der Waals surface area contributed by atoms with Crippen molar-refractivity contribution in [1.29, 1.82) is 0 Å². The second kappa shape index (κ2) is 7.52. The fraction of sp³-hybridized carbons (Fsp3) is 0.417. The number of carboxylic acid groups (broad SMARTS) is 2. The van der Waals surface area contributed by atoms with Crippen molar-refractivity contribution in [2.45, 2.75) is 31.7 Å². The SMILES string of the molecule is O=C(O)CCCC(=O)NC(CC(=O)O)c1cccs1. The molecule has 104 valence electrons. The Labute approximate surface area is 114 Å². The number of rotatable bonds is 8. The molecule has 0 saturated carbocycles. The van der Waals surface area contributed by atoms with Crippen LogP contribution in [-0.4, -0.2) is 28.1 Å². The molecule has 1 aromatic heterocycles. The van der Waals surface area contributed by atoms with Gasteiger partial charge in [0.2, 0.25) is 5.91 Å². The molecule has 1 heterocycles. The van der Waals surface area contributed by atoms with Gasteiger partial charge in [0.25, 0.3) is 0 Å². The molecule has 1 unspecified atom stereocenters. The van der Waals surface area contributed by atoms with E-state index in [0.717, 1.165) is 4.88 Å². The van der Waals surface area contributed by atoms with Crippen molar-refractivity contribution in [1.82, 2.24) is 5.32 Å². The first-order valence-corrected chi connectivity index (χ1v) is 6.63. The van der Waals surface area contributed by atoms with Crippen molar-refractivity contribution >= 4 is 29.2 Å². The van der Waals surface area contributed by atoms with Gasteiger partial charge in [0, 0.05) is 17.7 Å². The van der Waals surface area contributed by atoms with Crippen LogP contribution in [0.1, 0.15) is 36.6 Å². The van der Waals surface area contributed by atoms with Gasteiger partial charge in [0.1, 0.15) is 0 Å². The summed E-state index contributed by atoms with van der Waals surface area (Å²) in [6.07, 6.45) is 0.0559. The molecule has 0 aliphatic carbocycles. The van der Waals surface area contributed by atoms with Crippen LogP contribution in [0.3, 0.4) is 0 Å². The van der Waals surface area contributed by atoms with E-state index in [1.54, 1.807) is 17.5 Å². The molecule has 0 bridgehead atoms. The third-order valence-electron chi connectivity index (χ3n) is 2.40. The maximum atomic E-state index is 11.6. The van der Waals surface area contributed by atoms with E-state index in [1.807, 2.05) is 0 Å². The molecular formula is C12H15NO5S. The Bertz CT molecular complexity index is 443. The number of hydrogen-bond acceptors (Lipinski definition) is 4. The van der Waals surface area contributed by atoms with Crippen LogP contribution in [0, 0.1) is 0 Å². The van der Waals surface area contributed by atoms with Gasteiger partial charge in [0.15, 0.2) is 0 Å². The molecule has 7 heteroatoms. The van der Waals surface area contributed by atoms with E-state index in [2.05, 4.69) is 5.32 Å². The van der Waals surface area contributed by atoms with Gasteiger partial charge in [-0.3, -0.25) is 14.4 Å². The summed E-state index contributed by atoms with van der Waals surface area (Å²) in [5.41, 5.74) is 0. The van der Waals surface area contributed by atoms with Gasteiger partial charge in [0.05, 0.1) is 12.5 Å². The lowest BCUT2D eigenvalue weighted by molar-refractivity contribution is -0.138. The predicted octanol–water partition coefficient (Wildman–Crippen LogP) is 1.63. The molecule has 1 rings (SSSR count). The van der Waals surface area contributed by atoms with Crippen molar-refractivity contribution in [3.63, 3.8) is 0 Å². The lowest BCUT2D eigenvalue weighted by Gasteiger charge is -2.15. The Balaban J connectivity index is 2.50. The van der Waals surface area contributed by atoms with Crippen molar-refractivity contribution in [3.05, 3.63) is 22.4 Å². The molecule has 0 radical (unpaired) electrons. The van der Waals surface area contributed by atoms with Crippen LogP contribution in [-0.2, 0) is 14.4 Å². The fourth-order valence-electron chi connectivity index (χ4n) is 1.55. The molecule has 0 saturated heterocycles. The molecule has 6 nitrogen and oxygen atoms in total. The molecule has 0 aromatic carbocycles. The molecule has 1 atom stereocenters. The number of carbonyl (C=O) groups excluding carboxylic acids is 1. The van der Waals surface area contributed by atoms with Gasteiger partial charge in [-0.15, -0.1) is 11.3 Å². The van der Waals surface area contributed by atoms with Gasteiger partial charge in [-0.1, -0.05) is 6.07 Å². The Hall–Kier alpha value is -1.89. The molecule has 0 aliphatic rings. The highest BCUT2D eigenvalue weighted by Crippen LogP contribution is 2.22. The Morgan fingerprint density at radius 3 is 2.47 bits per heavy atom. The standard InChI is InChI=1S/C12H15NO5S/c14-10(4-1-5-11(15)16)13-8(7-12(17)18)9-3-2-6-19-9/h2-3,6,8H,1,4-5,7H2,(H,13,14)(H,15,16)(H,17,18). The highest BCUT2D eigenvalue weighted by atomic mass is 32.1. The van der Waals surface area contributed by atoms with E-state index in [4.69, 9.17) is 10.2 Å². The third-order valence-corrected chi connectivity index (χ3v) is 3.38. The van der Waals surface area contributed by atoms with Crippen LogP contribution in [0.5, 0.6) is 0 Å². The quantitative estimate of drug-likeness (QED) is 0.673. The van der Waals surface area contributed by atoms with E-state index in [-0.39, 0.29) is 31.6 Å². The lowest BCUT2D eigenvalue weighted by Crippen LogP contribution is -2.29. The maximum Gasteiger partial charge on any atom is 0.305 e. The summed E-state index contributed by atoms with van der Waals surface area (Å²) in [5, 5.41) is 21.7. The van der Waals surface area contributed by atoms with Crippen molar-refractivity contribution < 1.29 is 24.6 Å². The number of nitrogens with one attached hydrogen (secondary N) is 1. The monoisotopic (exact) mass is 285 g/mol. The number of hydrogen-bond donors (Lipinski definition) is 3. The molecule has 1 amide bonds. The van der Waals surface area contributed by atoms with Crippen molar-refractivity contribution in [2.24, 2.45) is 0 Å². The summed E-state index contributed by atoms with van der Waals surface area (Å²) in [7, 11) is 0. The largest absolute Gasteiger partial charge is 0.481 e. The highest BCUT2D eigenvalue weighted by Gasteiger charge is 2.18. The van der Waals surface area contributed by atoms with E-state index in [9.17, 15) is 14.4 Å². The predicted molar refractivity (Wildman–Crippen MR) is 68.9 cm³/mol. The molecule has 19 heavy (non-hydrogen) atoms. The van der Waals surface area contributed by atoms with Gasteiger partial charge >= 0.3 is 11.9 Å². The zero-order valence-electron chi connectivity index (χ0n) is 10.2. The topological polar surface area (TPSA) is 104 Å². The summed E-state index contributed by atoms with van der Waals surface area (Å²) in [4.78, 5) is 33.5. The molecule has 0 spiro atoms. The zero-order chi connectivity index (χ0) is 14.3. The summed E-state index contributed by atoms with van der Waals surface area (Å²) in [6, 6.07) is 2.98. The smallest absolute Gasteiger partial charge is 0.305 e. The summed E-state index contributed by atoms with van der Waals surface area (Å²) < 4.78 is 0. The van der Waals surface area contributed by atoms with E-state index < -0.39 is 18.0 Å². The first-order valence-electron chi connectivity index (χ1n) is 5.75. The first kappa shape index (κ1) is 15.2. The lowest BCUT2D eigenvalue weighted by atomic mass is 10.1. The van der Waals surface area contributed by atoms with Gasteiger partial charge in [-0.05, 0) is 17.9 Å². The number of thiophene rings is 1. The number of amides is 1. The summed E-state index contributed by atoms with van der Waals surface area (Å²) >= 11 is 1.37. The minimum atomic E-state index is -0.996. The third kappa shape index (κ3) is 6.01. The Morgan fingerprint density at radius 1 is 1.21 bits per heavy atom. The number of aliphatic carboxylic acids is 2. The van der Waals surface area contributed by atoms with Gasteiger partial charge in [-0.2, -0.15) is 0 Å². The van der Waals surface area contributed by atoms with Crippen LogP contribution >= 0.6 is 11.3 Å². The molecule has 0 aliphatic heterocycles. The number of carboxylic acids is 2. The van der Waals surface area contributed by atoms with Gasteiger partial charge < -0.3 is 15.5 Å². The molecule has 3 N–H and O–H groups in total. The summed E-state index contributed by atoms with van der Waals surface area (Å²) in [5.74, 6) is -2.28.